The van der Waals surface area contributed by atoms with E-state index in [9.17, 15) is 13.2 Å². The van der Waals surface area contributed by atoms with Gasteiger partial charge in [0.15, 0.2) is 0 Å². The number of aryl methyl sites for hydroxylation is 1. The minimum absolute atomic E-state index is 0.173. The Labute approximate surface area is 129 Å². The second kappa shape index (κ2) is 6.41. The quantitative estimate of drug-likeness (QED) is 0.883. The smallest absolute Gasteiger partial charge is 0.263 e. The number of carbonyl (C=O) groups excluding carboxylic acids is 1. The van der Waals surface area contributed by atoms with Gasteiger partial charge in [0.1, 0.15) is 4.88 Å². The van der Waals surface area contributed by atoms with Gasteiger partial charge in [0, 0.05) is 25.6 Å². The predicted molar refractivity (Wildman–Crippen MR) is 83.3 cm³/mol. The third kappa shape index (κ3) is 3.81. The highest BCUT2D eigenvalue weighted by Gasteiger charge is 2.27. The molecule has 0 aliphatic carbocycles. The number of amides is 1. The summed E-state index contributed by atoms with van der Waals surface area (Å²) in [6, 6.07) is 0. The molecule has 1 N–H and O–H groups in total. The van der Waals surface area contributed by atoms with E-state index in [0.29, 0.717) is 36.9 Å². The van der Waals surface area contributed by atoms with Gasteiger partial charge in [0.05, 0.1) is 16.5 Å². The van der Waals surface area contributed by atoms with Crippen LogP contribution in [0.2, 0.25) is 0 Å². The Morgan fingerprint density at radius 2 is 2.19 bits per heavy atom. The van der Waals surface area contributed by atoms with Crippen molar-refractivity contribution in [1.82, 2.24) is 14.6 Å². The third-order valence-corrected chi connectivity index (χ3v) is 6.78. The van der Waals surface area contributed by atoms with Gasteiger partial charge in [0.2, 0.25) is 10.0 Å². The van der Waals surface area contributed by atoms with Crippen molar-refractivity contribution in [3.05, 3.63) is 15.6 Å². The second-order valence-electron chi connectivity index (χ2n) is 5.45. The van der Waals surface area contributed by atoms with Crippen LogP contribution in [0.5, 0.6) is 0 Å². The van der Waals surface area contributed by atoms with Crippen molar-refractivity contribution in [1.29, 1.82) is 0 Å². The van der Waals surface area contributed by atoms with E-state index < -0.39 is 10.0 Å². The van der Waals surface area contributed by atoms with Gasteiger partial charge in [-0.25, -0.2) is 17.7 Å². The summed E-state index contributed by atoms with van der Waals surface area (Å²) in [5, 5.41) is 3.73. The second-order valence-corrected chi connectivity index (χ2v) is 8.56. The average Bonchev–Trinajstić information content (AvgIpc) is 2.93. The van der Waals surface area contributed by atoms with Gasteiger partial charge in [-0.3, -0.25) is 4.79 Å². The summed E-state index contributed by atoms with van der Waals surface area (Å²) in [6.45, 7) is 7.11. The van der Waals surface area contributed by atoms with Crippen LogP contribution in [0.4, 0.5) is 0 Å². The molecule has 0 radical (unpaired) electrons. The topological polar surface area (TPSA) is 79.4 Å². The lowest BCUT2D eigenvalue weighted by atomic mass is 10.2. The van der Waals surface area contributed by atoms with E-state index in [1.807, 2.05) is 20.8 Å². The zero-order valence-electron chi connectivity index (χ0n) is 12.5. The molecule has 21 heavy (non-hydrogen) atoms. The van der Waals surface area contributed by atoms with Gasteiger partial charge >= 0.3 is 0 Å². The van der Waals surface area contributed by atoms with Crippen molar-refractivity contribution >= 4 is 27.3 Å². The van der Waals surface area contributed by atoms with Crippen LogP contribution in [-0.2, 0) is 10.0 Å². The fourth-order valence-corrected chi connectivity index (χ4v) is 4.71. The molecule has 0 saturated carbocycles. The molecular formula is C13H21N3O3S2. The van der Waals surface area contributed by atoms with E-state index in [1.54, 1.807) is 0 Å². The largest absolute Gasteiger partial charge is 0.350 e. The molecule has 1 amide bonds. The molecule has 0 aromatic carbocycles. The van der Waals surface area contributed by atoms with Gasteiger partial charge in [-0.2, -0.15) is 0 Å². The molecule has 6 nitrogen and oxygen atoms in total. The molecule has 0 unspecified atom stereocenters. The number of nitrogens with one attached hydrogen (secondary N) is 1. The highest BCUT2D eigenvalue weighted by molar-refractivity contribution is 7.89. The van der Waals surface area contributed by atoms with Gasteiger partial charge in [-0.15, -0.1) is 11.3 Å². The fraction of sp³-hybridized carbons (Fsp3) is 0.692. The standard InChI is InChI=1S/C13H21N3O3S2/c1-9(2)13-15-10(3)11(20-13)12(17)14-5-7-16-6-4-8-21(16,18)19/h9H,4-8H2,1-3H3,(H,14,17). The van der Waals surface area contributed by atoms with Crippen LogP contribution in [-0.4, -0.2) is 49.0 Å². The van der Waals surface area contributed by atoms with Gasteiger partial charge in [0.25, 0.3) is 5.91 Å². The molecule has 2 rings (SSSR count). The molecule has 1 saturated heterocycles. The van der Waals surface area contributed by atoms with Crippen molar-refractivity contribution in [3.8, 4) is 0 Å². The summed E-state index contributed by atoms with van der Waals surface area (Å²) >= 11 is 1.40. The Bertz CT molecular complexity index is 623. The minimum Gasteiger partial charge on any atom is -0.350 e. The summed E-state index contributed by atoms with van der Waals surface area (Å²) in [6.07, 6.45) is 0.669. The van der Waals surface area contributed by atoms with E-state index in [1.165, 1.54) is 15.6 Å². The van der Waals surface area contributed by atoms with Crippen molar-refractivity contribution < 1.29 is 13.2 Å². The van der Waals surface area contributed by atoms with Crippen molar-refractivity contribution in [2.45, 2.75) is 33.1 Å². The number of hydrogen-bond donors (Lipinski definition) is 1. The van der Waals surface area contributed by atoms with E-state index in [-0.39, 0.29) is 11.7 Å². The normalized spacial score (nSPS) is 18.3. The SMILES string of the molecule is Cc1nc(C(C)C)sc1C(=O)NCCN1CCCS1(=O)=O. The zero-order valence-corrected chi connectivity index (χ0v) is 14.2. The lowest BCUT2D eigenvalue weighted by molar-refractivity contribution is 0.0955. The molecule has 1 aliphatic rings. The van der Waals surface area contributed by atoms with Gasteiger partial charge in [-0.05, 0) is 13.3 Å². The summed E-state index contributed by atoms with van der Waals surface area (Å²) in [4.78, 5) is 17.1. The Morgan fingerprint density at radius 1 is 1.48 bits per heavy atom. The number of carbonyl (C=O) groups is 1. The average molecular weight is 331 g/mol. The van der Waals surface area contributed by atoms with E-state index in [2.05, 4.69) is 10.3 Å². The van der Waals surface area contributed by atoms with E-state index in [0.717, 1.165) is 10.7 Å². The van der Waals surface area contributed by atoms with Crippen LogP contribution in [0.25, 0.3) is 0 Å². The van der Waals surface area contributed by atoms with Crippen LogP contribution in [0.3, 0.4) is 0 Å². The van der Waals surface area contributed by atoms with E-state index in [4.69, 9.17) is 0 Å². The Balaban J connectivity index is 1.90. The van der Waals surface area contributed by atoms with Crippen molar-refractivity contribution in [3.63, 3.8) is 0 Å². The number of hydrogen-bond acceptors (Lipinski definition) is 5. The molecule has 1 fully saturated rings. The summed E-state index contributed by atoms with van der Waals surface area (Å²) in [5.74, 6) is 0.339. The first-order valence-corrected chi connectivity index (χ1v) is 9.47. The first-order chi connectivity index (χ1) is 9.81. The van der Waals surface area contributed by atoms with Crippen LogP contribution < -0.4 is 5.32 Å². The highest BCUT2D eigenvalue weighted by atomic mass is 32.2. The Hall–Kier alpha value is -0.990. The van der Waals surface area contributed by atoms with Crippen LogP contribution in [0.1, 0.15) is 46.6 Å². The third-order valence-electron chi connectivity index (χ3n) is 3.36. The summed E-state index contributed by atoms with van der Waals surface area (Å²) < 4.78 is 24.7. The molecule has 1 aromatic heterocycles. The molecule has 0 atom stereocenters. The lowest BCUT2D eigenvalue weighted by Crippen LogP contribution is -2.35. The summed E-state index contributed by atoms with van der Waals surface area (Å²) in [5.41, 5.74) is 0.731. The number of aromatic nitrogens is 1. The molecule has 1 aliphatic heterocycles. The number of sulfonamides is 1. The minimum atomic E-state index is -3.09. The summed E-state index contributed by atoms with van der Waals surface area (Å²) in [7, 11) is -3.09. The number of thiazole rings is 1. The zero-order chi connectivity index (χ0) is 15.6. The van der Waals surface area contributed by atoms with Crippen molar-refractivity contribution in [2.24, 2.45) is 0 Å². The highest BCUT2D eigenvalue weighted by Crippen LogP contribution is 2.24. The molecule has 118 valence electrons. The molecule has 0 bridgehead atoms. The lowest BCUT2D eigenvalue weighted by Gasteiger charge is -2.14. The maximum Gasteiger partial charge on any atom is 0.263 e. The fourth-order valence-electron chi connectivity index (χ4n) is 2.19. The van der Waals surface area contributed by atoms with Gasteiger partial charge < -0.3 is 5.32 Å². The van der Waals surface area contributed by atoms with Crippen LogP contribution >= 0.6 is 11.3 Å². The maximum absolute atomic E-state index is 12.1. The Morgan fingerprint density at radius 3 is 2.71 bits per heavy atom. The van der Waals surface area contributed by atoms with Crippen LogP contribution in [0, 0.1) is 6.92 Å². The molecule has 0 spiro atoms. The maximum atomic E-state index is 12.1. The first-order valence-electron chi connectivity index (χ1n) is 7.04. The van der Waals surface area contributed by atoms with Gasteiger partial charge in [-0.1, -0.05) is 13.8 Å². The Kier molecular flexibility index (Phi) is 5.00. The molecule has 8 heteroatoms. The predicted octanol–water partition coefficient (Wildman–Crippen LogP) is 1.34. The van der Waals surface area contributed by atoms with Crippen LogP contribution in [0.15, 0.2) is 0 Å². The number of nitrogens with zero attached hydrogens (tertiary/aromatic N) is 2. The molecular weight excluding hydrogens is 310 g/mol. The van der Waals surface area contributed by atoms with Crippen molar-refractivity contribution in [2.75, 3.05) is 25.4 Å². The van der Waals surface area contributed by atoms with E-state index >= 15 is 0 Å². The monoisotopic (exact) mass is 331 g/mol. The molecule has 2 heterocycles. The number of rotatable bonds is 5. The molecule has 1 aromatic rings. The first kappa shape index (κ1) is 16.4.